The van der Waals surface area contributed by atoms with E-state index >= 15 is 0 Å². The molecule has 0 bridgehead atoms. The van der Waals surface area contributed by atoms with Gasteiger partial charge in [0.05, 0.1) is 26.4 Å². The summed E-state index contributed by atoms with van der Waals surface area (Å²) in [6.45, 7) is 3.30. The van der Waals surface area contributed by atoms with E-state index in [1.807, 2.05) is 6.92 Å². The van der Waals surface area contributed by atoms with Crippen LogP contribution in [0.1, 0.15) is 104 Å². The molecule has 2 rings (SSSR count). The zero-order valence-electron chi connectivity index (χ0n) is 32.9. The third kappa shape index (κ3) is 19.8. The molecular formula is C41H70O14. The first kappa shape index (κ1) is 49.1. The largest absolute Gasteiger partial charge is 0.457 e. The van der Waals surface area contributed by atoms with Crippen LogP contribution in [0, 0.1) is 0 Å². The maximum Gasteiger partial charge on any atom is 0.306 e. The van der Waals surface area contributed by atoms with Crippen molar-refractivity contribution in [2.24, 2.45) is 0 Å². The van der Waals surface area contributed by atoms with Crippen LogP contribution in [0.5, 0.6) is 0 Å². The summed E-state index contributed by atoms with van der Waals surface area (Å²) >= 11 is 0. The van der Waals surface area contributed by atoms with Gasteiger partial charge in [0.1, 0.15) is 54.9 Å². The Balaban J connectivity index is 1.74. The van der Waals surface area contributed by atoms with Gasteiger partial charge in [-0.3, -0.25) is 4.79 Å². The Labute approximate surface area is 327 Å². The summed E-state index contributed by atoms with van der Waals surface area (Å²) < 4.78 is 33.7. The first-order chi connectivity index (χ1) is 26.6. The highest BCUT2D eigenvalue weighted by Crippen LogP contribution is 2.26. The van der Waals surface area contributed by atoms with E-state index in [4.69, 9.17) is 28.4 Å². The Morgan fingerprint density at radius 1 is 0.618 bits per heavy atom. The highest BCUT2D eigenvalue weighted by molar-refractivity contribution is 5.69. The molecule has 14 nitrogen and oxygen atoms in total. The van der Waals surface area contributed by atoms with Crippen LogP contribution < -0.4 is 0 Å². The van der Waals surface area contributed by atoms with Gasteiger partial charge < -0.3 is 64.2 Å². The van der Waals surface area contributed by atoms with Crippen molar-refractivity contribution in [3.8, 4) is 0 Å². The number of aliphatic hydroxyl groups excluding tert-OH is 7. The lowest BCUT2D eigenvalue weighted by Gasteiger charge is -2.42. The number of hydrogen-bond donors (Lipinski definition) is 7. The Morgan fingerprint density at radius 2 is 1.18 bits per heavy atom. The van der Waals surface area contributed by atoms with E-state index in [0.29, 0.717) is 13.0 Å². The first-order valence-electron chi connectivity index (χ1n) is 20.2. The third-order valence-electron chi connectivity index (χ3n) is 9.35. The van der Waals surface area contributed by atoms with Gasteiger partial charge in [-0.05, 0) is 51.4 Å². The predicted octanol–water partition coefficient (Wildman–Crippen LogP) is 3.28. The van der Waals surface area contributed by atoms with Gasteiger partial charge in [-0.25, -0.2) is 0 Å². The topological polar surface area (TPSA) is 214 Å². The average molecular weight is 787 g/mol. The molecule has 55 heavy (non-hydrogen) atoms. The van der Waals surface area contributed by atoms with Gasteiger partial charge in [-0.2, -0.15) is 0 Å². The molecule has 11 atom stereocenters. The van der Waals surface area contributed by atoms with Crippen LogP contribution in [0.3, 0.4) is 0 Å². The summed E-state index contributed by atoms with van der Waals surface area (Å²) in [6, 6.07) is 0. The summed E-state index contributed by atoms with van der Waals surface area (Å²) in [5.41, 5.74) is 0. The monoisotopic (exact) mass is 786 g/mol. The minimum atomic E-state index is -1.71. The molecular weight excluding hydrogens is 716 g/mol. The van der Waals surface area contributed by atoms with E-state index in [9.17, 15) is 40.5 Å². The van der Waals surface area contributed by atoms with Crippen LogP contribution in [0.25, 0.3) is 0 Å². The van der Waals surface area contributed by atoms with Gasteiger partial charge in [-0.1, -0.05) is 94.6 Å². The molecule has 2 aliphatic rings. The Morgan fingerprint density at radius 3 is 1.82 bits per heavy atom. The molecule has 2 aliphatic heterocycles. The fourth-order valence-electron chi connectivity index (χ4n) is 5.98. The lowest BCUT2D eigenvalue weighted by Crippen LogP contribution is -2.61. The lowest BCUT2D eigenvalue weighted by atomic mass is 9.98. The van der Waals surface area contributed by atoms with Crippen LogP contribution in [-0.2, 0) is 33.2 Å². The summed E-state index contributed by atoms with van der Waals surface area (Å²) in [6.07, 6.45) is 14.3. The molecule has 0 radical (unpaired) electrons. The summed E-state index contributed by atoms with van der Waals surface area (Å²) in [5, 5.41) is 71.4. The van der Waals surface area contributed by atoms with E-state index < -0.39 is 86.7 Å². The van der Waals surface area contributed by atoms with Gasteiger partial charge in [0.2, 0.25) is 0 Å². The van der Waals surface area contributed by atoms with Crippen molar-refractivity contribution in [3.63, 3.8) is 0 Å². The van der Waals surface area contributed by atoms with E-state index in [1.165, 1.54) is 0 Å². The highest BCUT2D eigenvalue weighted by atomic mass is 16.7. The SMILES string of the molecule is CC/C=C\C/C=C\C/C=C\C/C=C\CCCCCCCOCC(COC1OC(COC2OC(CO)C(O)C(O)C2O)C(O)C(O)C1O)OC(=O)CCCCC. The molecule has 0 aliphatic carbocycles. The molecule has 0 spiro atoms. The average Bonchev–Trinajstić information content (AvgIpc) is 3.18. The van der Waals surface area contributed by atoms with Crippen molar-refractivity contribution < 1.29 is 69.0 Å². The van der Waals surface area contributed by atoms with Gasteiger partial charge in [0.15, 0.2) is 12.6 Å². The molecule has 11 unspecified atom stereocenters. The number of carbonyl (C=O) groups excluding carboxylic acids is 1. The van der Waals surface area contributed by atoms with Crippen molar-refractivity contribution in [2.45, 2.75) is 171 Å². The van der Waals surface area contributed by atoms with Crippen molar-refractivity contribution in [2.75, 3.05) is 33.0 Å². The highest BCUT2D eigenvalue weighted by Gasteiger charge is 2.47. The van der Waals surface area contributed by atoms with E-state index in [2.05, 4.69) is 55.5 Å². The van der Waals surface area contributed by atoms with Crippen molar-refractivity contribution >= 4 is 5.97 Å². The van der Waals surface area contributed by atoms with Crippen molar-refractivity contribution in [1.29, 1.82) is 0 Å². The fourth-order valence-corrected chi connectivity index (χ4v) is 5.98. The van der Waals surface area contributed by atoms with Crippen LogP contribution >= 0.6 is 0 Å². The second kappa shape index (κ2) is 30.1. The van der Waals surface area contributed by atoms with Crippen LogP contribution in [0.2, 0.25) is 0 Å². The number of allylic oxidation sites excluding steroid dienone is 8. The maximum atomic E-state index is 12.6. The fraction of sp³-hybridized carbons (Fsp3) is 0.780. The number of carbonyl (C=O) groups is 1. The van der Waals surface area contributed by atoms with Gasteiger partial charge in [0, 0.05) is 13.0 Å². The van der Waals surface area contributed by atoms with Crippen LogP contribution in [0.4, 0.5) is 0 Å². The zero-order valence-corrected chi connectivity index (χ0v) is 32.9. The quantitative estimate of drug-likeness (QED) is 0.0330. The molecule has 0 aromatic rings. The normalized spacial score (nSPS) is 29.6. The summed E-state index contributed by atoms with van der Waals surface area (Å²) in [7, 11) is 0. The number of unbranched alkanes of at least 4 members (excludes halogenated alkanes) is 7. The standard InChI is InChI=1S/C41H70O14/c1-3-5-7-8-9-10-11-12-13-14-15-16-17-18-19-20-21-23-25-50-27-30(53-33(43)24-22-6-4-2)28-51-40-39(49)37(47)35(45)32(55-40)29-52-41-38(48)36(46)34(44)31(26-42)54-41/h5,7,9-10,12-13,15-16,30-32,34-42,44-49H,3-4,6,8,11,14,17-29H2,1-2H3/b7-5-,10-9-,13-12-,16-15-. The summed E-state index contributed by atoms with van der Waals surface area (Å²) in [4.78, 5) is 12.6. The summed E-state index contributed by atoms with van der Waals surface area (Å²) in [5.74, 6) is -0.412. The molecule has 2 saturated heterocycles. The Bertz CT molecular complexity index is 1100. The number of hydrogen-bond acceptors (Lipinski definition) is 14. The van der Waals surface area contributed by atoms with E-state index in [0.717, 1.165) is 77.0 Å². The van der Waals surface area contributed by atoms with Crippen LogP contribution in [0.15, 0.2) is 48.6 Å². The molecule has 0 saturated carbocycles. The molecule has 2 heterocycles. The third-order valence-corrected chi connectivity index (χ3v) is 9.35. The lowest BCUT2D eigenvalue weighted by molar-refractivity contribution is -0.332. The number of ether oxygens (including phenoxy) is 6. The Kier molecular flexibility index (Phi) is 26.9. The second-order valence-electron chi connectivity index (χ2n) is 14.1. The number of rotatable bonds is 29. The maximum absolute atomic E-state index is 12.6. The van der Waals surface area contributed by atoms with Gasteiger partial charge in [0.25, 0.3) is 0 Å². The second-order valence-corrected chi connectivity index (χ2v) is 14.1. The Hall–Kier alpha value is -2.05. The zero-order chi connectivity index (χ0) is 40.3. The molecule has 318 valence electrons. The van der Waals surface area contributed by atoms with Crippen molar-refractivity contribution in [1.82, 2.24) is 0 Å². The molecule has 0 amide bonds. The van der Waals surface area contributed by atoms with Gasteiger partial charge >= 0.3 is 5.97 Å². The smallest absolute Gasteiger partial charge is 0.306 e. The predicted molar refractivity (Wildman–Crippen MR) is 206 cm³/mol. The minimum Gasteiger partial charge on any atom is -0.457 e. The van der Waals surface area contributed by atoms with Crippen molar-refractivity contribution in [3.05, 3.63) is 48.6 Å². The molecule has 7 N–H and O–H groups in total. The minimum absolute atomic E-state index is 0.0446. The van der Waals surface area contributed by atoms with Gasteiger partial charge in [-0.15, -0.1) is 0 Å². The molecule has 0 aromatic carbocycles. The number of esters is 1. The van der Waals surface area contributed by atoms with E-state index in [1.54, 1.807) is 0 Å². The first-order valence-corrected chi connectivity index (χ1v) is 20.2. The van der Waals surface area contributed by atoms with Crippen LogP contribution in [-0.4, -0.2) is 142 Å². The molecule has 0 aromatic heterocycles. The number of aliphatic hydroxyl groups is 7. The molecule has 14 heteroatoms. The molecule has 2 fully saturated rings. The van der Waals surface area contributed by atoms with E-state index in [-0.39, 0.29) is 19.6 Å².